The minimum atomic E-state index is -0.326. The Morgan fingerprint density at radius 3 is 2.66 bits per heavy atom. The molecular weight excluding hydrogens is 418 g/mol. The predicted octanol–water partition coefficient (Wildman–Crippen LogP) is 4.94. The van der Waals surface area contributed by atoms with Crippen LogP contribution in [-0.4, -0.2) is 33.9 Å². The van der Waals surface area contributed by atoms with Crippen molar-refractivity contribution in [3.8, 4) is 0 Å². The Kier molecular flexibility index (Phi) is 5.56. The lowest BCUT2D eigenvalue weighted by molar-refractivity contribution is -0.130. The zero-order valence-electron chi connectivity index (χ0n) is 18.2. The number of rotatable bonds is 3. The van der Waals surface area contributed by atoms with Crippen molar-refractivity contribution in [1.29, 1.82) is 0 Å². The monoisotopic (exact) mass is 443 g/mol. The van der Waals surface area contributed by atoms with Crippen molar-refractivity contribution in [3.05, 3.63) is 106 Å². The molecule has 32 heavy (non-hydrogen) atoms. The van der Waals surface area contributed by atoms with Gasteiger partial charge in [-0.3, -0.25) is 14.8 Å². The fourth-order valence-corrected chi connectivity index (χ4v) is 5.40. The van der Waals surface area contributed by atoms with E-state index in [4.69, 9.17) is 16.6 Å². The third-order valence-electron chi connectivity index (χ3n) is 6.94. The summed E-state index contributed by atoms with van der Waals surface area (Å²) in [5.41, 5.74) is 6.99. The average Bonchev–Trinajstić information content (AvgIpc) is 2.95. The number of benzene rings is 1. The van der Waals surface area contributed by atoms with E-state index in [0.717, 1.165) is 42.1 Å². The van der Waals surface area contributed by atoms with Crippen LogP contribution in [0.3, 0.4) is 0 Å². The highest BCUT2D eigenvalue weighted by Crippen LogP contribution is 2.45. The highest BCUT2D eigenvalue weighted by atomic mass is 35.5. The van der Waals surface area contributed by atoms with Crippen molar-refractivity contribution in [2.75, 3.05) is 13.1 Å². The first-order valence-corrected chi connectivity index (χ1v) is 11.5. The number of carbonyl (C=O) groups excluding carboxylic acids is 1. The second kappa shape index (κ2) is 8.51. The molecule has 4 nitrogen and oxygen atoms in total. The van der Waals surface area contributed by atoms with Gasteiger partial charge in [-0.25, -0.2) is 0 Å². The molecule has 1 amide bonds. The van der Waals surface area contributed by atoms with E-state index in [9.17, 15) is 4.79 Å². The van der Waals surface area contributed by atoms with Crippen molar-refractivity contribution < 1.29 is 4.79 Å². The lowest BCUT2D eigenvalue weighted by atomic mass is 9.69. The topological polar surface area (TPSA) is 46.1 Å². The summed E-state index contributed by atoms with van der Waals surface area (Å²) >= 11 is 6.36. The van der Waals surface area contributed by atoms with Crippen LogP contribution in [0, 0.1) is 0 Å². The van der Waals surface area contributed by atoms with Gasteiger partial charge in [0.05, 0.1) is 17.5 Å². The van der Waals surface area contributed by atoms with Crippen LogP contribution in [0.5, 0.6) is 0 Å². The molecule has 1 unspecified atom stereocenters. The van der Waals surface area contributed by atoms with Gasteiger partial charge in [-0.15, -0.1) is 0 Å². The number of fused-ring (bicyclic) bond motifs is 2. The normalized spacial score (nSPS) is 20.1. The number of hydrogen-bond donors (Lipinski definition) is 0. The van der Waals surface area contributed by atoms with Crippen molar-refractivity contribution in [2.24, 2.45) is 0 Å². The van der Waals surface area contributed by atoms with Crippen LogP contribution >= 0.6 is 11.6 Å². The second-order valence-corrected chi connectivity index (χ2v) is 9.23. The van der Waals surface area contributed by atoms with Gasteiger partial charge in [0, 0.05) is 36.7 Å². The Morgan fingerprint density at radius 1 is 1.06 bits per heavy atom. The first-order valence-electron chi connectivity index (χ1n) is 11.1. The maximum atomic E-state index is 12.9. The molecule has 1 aliphatic carbocycles. The molecule has 0 fully saturated rings. The quantitative estimate of drug-likeness (QED) is 0.539. The fraction of sp³-hybridized carbons (Fsp3) is 0.296. The Balaban J connectivity index is 1.48. The summed E-state index contributed by atoms with van der Waals surface area (Å²) < 4.78 is 0. The second-order valence-electron chi connectivity index (χ2n) is 8.79. The lowest BCUT2D eigenvalue weighted by Crippen LogP contribution is -2.40. The van der Waals surface area contributed by atoms with E-state index >= 15 is 0 Å². The Bertz CT molecular complexity index is 1190. The minimum Gasteiger partial charge on any atom is -0.338 e. The summed E-state index contributed by atoms with van der Waals surface area (Å²) in [4.78, 5) is 23.7. The summed E-state index contributed by atoms with van der Waals surface area (Å²) in [7, 11) is 0. The molecule has 2 aromatic heterocycles. The summed E-state index contributed by atoms with van der Waals surface area (Å²) in [6, 6.07) is 14.3. The summed E-state index contributed by atoms with van der Waals surface area (Å²) in [5.74, 6) is 0.156. The average molecular weight is 444 g/mol. The Hall–Kier alpha value is -2.98. The molecule has 1 aromatic carbocycles. The van der Waals surface area contributed by atoms with Gasteiger partial charge in [-0.05, 0) is 78.8 Å². The number of pyridine rings is 2. The summed E-state index contributed by atoms with van der Waals surface area (Å²) in [6.45, 7) is 3.63. The predicted molar refractivity (Wildman–Crippen MR) is 127 cm³/mol. The highest BCUT2D eigenvalue weighted by Gasteiger charge is 2.40. The first-order chi connectivity index (χ1) is 15.6. The largest absolute Gasteiger partial charge is 0.338 e. The van der Waals surface area contributed by atoms with Gasteiger partial charge in [-0.2, -0.15) is 0 Å². The van der Waals surface area contributed by atoms with Crippen LogP contribution < -0.4 is 0 Å². The summed E-state index contributed by atoms with van der Waals surface area (Å²) in [5, 5.41) is 0.774. The number of hydrogen-bond acceptors (Lipinski definition) is 3. The Morgan fingerprint density at radius 2 is 1.88 bits per heavy atom. The number of carbonyl (C=O) groups is 1. The fourth-order valence-electron chi connectivity index (χ4n) is 5.21. The van der Waals surface area contributed by atoms with Crippen molar-refractivity contribution >= 4 is 17.5 Å². The van der Waals surface area contributed by atoms with Crippen molar-refractivity contribution in [1.82, 2.24) is 14.9 Å². The molecule has 0 radical (unpaired) electrons. The molecule has 2 aliphatic rings. The number of nitrogens with zero attached hydrogens (tertiary/aromatic N) is 3. The van der Waals surface area contributed by atoms with E-state index in [1.54, 1.807) is 12.4 Å². The smallest absolute Gasteiger partial charge is 0.227 e. The highest BCUT2D eigenvalue weighted by molar-refractivity contribution is 6.30. The van der Waals surface area contributed by atoms with E-state index in [1.807, 2.05) is 35.4 Å². The van der Waals surface area contributed by atoms with E-state index in [0.29, 0.717) is 13.0 Å². The molecule has 5 rings (SSSR count). The zero-order chi connectivity index (χ0) is 22.1. The molecule has 0 saturated carbocycles. The molecule has 0 bridgehead atoms. The molecule has 3 aromatic rings. The number of amides is 1. The van der Waals surface area contributed by atoms with E-state index in [1.165, 1.54) is 22.3 Å². The third kappa shape index (κ3) is 3.73. The molecule has 1 atom stereocenters. The third-order valence-corrected chi connectivity index (χ3v) is 7.18. The lowest BCUT2D eigenvalue weighted by Gasteiger charge is -2.38. The van der Waals surface area contributed by atoms with E-state index in [2.05, 4.69) is 36.2 Å². The number of aromatic nitrogens is 2. The van der Waals surface area contributed by atoms with Gasteiger partial charge in [0.2, 0.25) is 5.91 Å². The molecule has 5 heteroatoms. The molecule has 0 N–H and O–H groups in total. The van der Waals surface area contributed by atoms with Gasteiger partial charge < -0.3 is 4.90 Å². The maximum absolute atomic E-state index is 12.9. The Labute approximate surface area is 194 Å². The van der Waals surface area contributed by atoms with E-state index < -0.39 is 0 Å². The number of halogens is 1. The zero-order valence-corrected chi connectivity index (χ0v) is 19.0. The van der Waals surface area contributed by atoms with Crippen LogP contribution in [-0.2, 0) is 29.5 Å². The van der Waals surface area contributed by atoms with Crippen LogP contribution in [0.2, 0.25) is 5.02 Å². The minimum absolute atomic E-state index is 0.156. The SMILES string of the molecule is CC1(C2=CCN(C(=O)Cc3ccncc3)CC2)c2ccc(Cl)cc2CCc2cccnc21. The van der Waals surface area contributed by atoms with Gasteiger partial charge in [0.15, 0.2) is 0 Å². The van der Waals surface area contributed by atoms with Crippen molar-refractivity contribution in [3.63, 3.8) is 0 Å². The van der Waals surface area contributed by atoms with E-state index in [-0.39, 0.29) is 11.3 Å². The molecule has 162 valence electrons. The molecule has 0 spiro atoms. The van der Waals surface area contributed by atoms with Gasteiger partial charge in [0.1, 0.15) is 0 Å². The molecule has 1 aliphatic heterocycles. The molecule has 3 heterocycles. The molecular formula is C27H26ClN3O. The van der Waals surface area contributed by atoms with Gasteiger partial charge in [-0.1, -0.05) is 35.4 Å². The van der Waals surface area contributed by atoms with Crippen LogP contribution in [0.1, 0.15) is 41.3 Å². The standard InChI is InChI=1S/C27H26ClN3O/c1-27(22-10-15-31(16-11-22)25(32)17-19-8-13-29-14-9-19)24-7-6-23(28)18-21(24)5-4-20-3-2-12-30-26(20)27/h2-3,6-10,12-14,18H,4-5,11,15-17H2,1H3. The van der Waals surface area contributed by atoms with Crippen LogP contribution in [0.25, 0.3) is 0 Å². The van der Waals surface area contributed by atoms with Crippen molar-refractivity contribution in [2.45, 2.75) is 38.0 Å². The van der Waals surface area contributed by atoms with Gasteiger partial charge >= 0.3 is 0 Å². The number of aryl methyl sites for hydroxylation is 2. The summed E-state index contributed by atoms with van der Waals surface area (Å²) in [6.07, 6.45) is 10.8. The van der Waals surface area contributed by atoms with Gasteiger partial charge in [0.25, 0.3) is 0 Å². The van der Waals surface area contributed by atoms with Crippen LogP contribution in [0.15, 0.2) is 72.7 Å². The first kappa shape index (κ1) is 20.9. The maximum Gasteiger partial charge on any atom is 0.227 e. The van der Waals surface area contributed by atoms with Crippen LogP contribution in [0.4, 0.5) is 0 Å². The molecule has 0 saturated heterocycles.